The predicted molar refractivity (Wildman–Crippen MR) is 90.9 cm³/mol. The van der Waals surface area contributed by atoms with E-state index in [0.29, 0.717) is 6.04 Å². The van der Waals surface area contributed by atoms with Gasteiger partial charge in [0, 0.05) is 24.8 Å². The molecule has 1 saturated carbocycles. The second kappa shape index (κ2) is 7.31. The van der Waals surface area contributed by atoms with Gasteiger partial charge in [-0.25, -0.2) is 0 Å². The molecule has 0 amide bonds. The summed E-state index contributed by atoms with van der Waals surface area (Å²) in [5.74, 6) is 0.929. The first-order valence-corrected chi connectivity index (χ1v) is 8.95. The lowest BCUT2D eigenvalue weighted by Gasteiger charge is -2.28. The number of hydrogen-bond donors (Lipinski definition) is 1. The van der Waals surface area contributed by atoms with E-state index in [0.717, 1.165) is 12.5 Å². The summed E-state index contributed by atoms with van der Waals surface area (Å²) >= 11 is 0. The molecule has 0 spiro atoms. The van der Waals surface area contributed by atoms with Crippen LogP contribution in [0.25, 0.3) is 0 Å². The summed E-state index contributed by atoms with van der Waals surface area (Å²) in [6.45, 7) is 5.89. The molecule has 2 heteroatoms. The summed E-state index contributed by atoms with van der Waals surface area (Å²) in [5, 5.41) is 3.75. The van der Waals surface area contributed by atoms with E-state index in [2.05, 4.69) is 41.4 Å². The molecular formula is C19H30N2. The lowest BCUT2D eigenvalue weighted by atomic mass is 10.0. The van der Waals surface area contributed by atoms with Gasteiger partial charge in [0.05, 0.1) is 0 Å². The monoisotopic (exact) mass is 286 g/mol. The average molecular weight is 286 g/mol. The van der Waals surface area contributed by atoms with E-state index in [9.17, 15) is 0 Å². The number of para-hydroxylation sites is 1. The zero-order chi connectivity index (χ0) is 14.5. The van der Waals surface area contributed by atoms with E-state index >= 15 is 0 Å². The smallest absolute Gasteiger partial charge is 0.0414 e. The van der Waals surface area contributed by atoms with Crippen molar-refractivity contribution < 1.29 is 0 Å². The maximum absolute atomic E-state index is 3.75. The third-order valence-corrected chi connectivity index (χ3v) is 5.17. The maximum atomic E-state index is 3.75. The Morgan fingerprint density at radius 3 is 2.71 bits per heavy atom. The summed E-state index contributed by atoms with van der Waals surface area (Å²) in [7, 11) is 0. The van der Waals surface area contributed by atoms with Gasteiger partial charge in [0.1, 0.15) is 0 Å². The van der Waals surface area contributed by atoms with Gasteiger partial charge in [0.2, 0.25) is 0 Å². The van der Waals surface area contributed by atoms with Crippen LogP contribution in [0.5, 0.6) is 0 Å². The highest BCUT2D eigenvalue weighted by atomic mass is 15.1. The Morgan fingerprint density at radius 2 is 1.90 bits per heavy atom. The topological polar surface area (TPSA) is 15.3 Å². The van der Waals surface area contributed by atoms with Crippen molar-refractivity contribution in [2.24, 2.45) is 5.92 Å². The first-order chi connectivity index (χ1) is 10.4. The summed E-state index contributed by atoms with van der Waals surface area (Å²) in [6.07, 6.45) is 9.57. The van der Waals surface area contributed by atoms with Crippen molar-refractivity contribution >= 4 is 5.69 Å². The zero-order valence-electron chi connectivity index (χ0n) is 13.5. The largest absolute Gasteiger partial charge is 0.371 e. The number of benzene rings is 1. The Labute approximate surface area is 129 Å². The molecule has 1 atom stereocenters. The molecule has 1 aliphatic heterocycles. The molecule has 1 N–H and O–H groups in total. The van der Waals surface area contributed by atoms with E-state index in [1.807, 2.05) is 0 Å². The fourth-order valence-corrected chi connectivity index (χ4v) is 4.06. The van der Waals surface area contributed by atoms with Crippen LogP contribution in [-0.4, -0.2) is 19.6 Å². The van der Waals surface area contributed by atoms with Gasteiger partial charge >= 0.3 is 0 Å². The number of hydrogen-bond acceptors (Lipinski definition) is 2. The summed E-state index contributed by atoms with van der Waals surface area (Å²) < 4.78 is 0. The molecule has 3 rings (SSSR count). The molecule has 1 heterocycles. The fraction of sp³-hybridized carbons (Fsp3) is 0.684. The Bertz CT molecular complexity index is 437. The maximum Gasteiger partial charge on any atom is 0.0414 e. The van der Waals surface area contributed by atoms with E-state index in [1.165, 1.54) is 69.3 Å². The first kappa shape index (κ1) is 14.9. The van der Waals surface area contributed by atoms with Crippen molar-refractivity contribution in [3.63, 3.8) is 0 Å². The Kier molecular flexibility index (Phi) is 5.18. The van der Waals surface area contributed by atoms with Crippen LogP contribution in [0.1, 0.15) is 63.5 Å². The standard InChI is InChI=1S/C19H30N2/c1-2-13-20-18-11-7-14-21(15-16-8-3-4-9-16)19-12-6-5-10-17(18)19/h5-6,10,12,16,18,20H,2-4,7-9,11,13-15H2,1H3. The highest BCUT2D eigenvalue weighted by Crippen LogP contribution is 2.35. The molecule has 1 aliphatic carbocycles. The lowest BCUT2D eigenvalue weighted by Crippen LogP contribution is -2.29. The normalized spacial score (nSPS) is 23.1. The molecule has 0 saturated heterocycles. The highest BCUT2D eigenvalue weighted by molar-refractivity contribution is 5.56. The second-order valence-electron chi connectivity index (χ2n) is 6.80. The van der Waals surface area contributed by atoms with E-state index in [4.69, 9.17) is 0 Å². The minimum Gasteiger partial charge on any atom is -0.371 e. The van der Waals surface area contributed by atoms with Crippen LogP contribution in [0.4, 0.5) is 5.69 Å². The summed E-state index contributed by atoms with van der Waals surface area (Å²) in [5.41, 5.74) is 3.02. The van der Waals surface area contributed by atoms with Crippen LogP contribution in [0.15, 0.2) is 24.3 Å². The van der Waals surface area contributed by atoms with Crippen molar-refractivity contribution in [1.82, 2.24) is 5.32 Å². The SMILES string of the molecule is CCCNC1CCCN(CC2CCCC2)c2ccccc21. The molecular weight excluding hydrogens is 256 g/mol. The van der Waals surface area contributed by atoms with Gasteiger partial charge in [-0.05, 0) is 56.2 Å². The highest BCUT2D eigenvalue weighted by Gasteiger charge is 2.25. The Hall–Kier alpha value is -1.02. The van der Waals surface area contributed by atoms with Crippen LogP contribution in [0.2, 0.25) is 0 Å². The van der Waals surface area contributed by atoms with E-state index in [1.54, 1.807) is 0 Å². The molecule has 0 radical (unpaired) electrons. The fourth-order valence-electron chi connectivity index (χ4n) is 4.06. The van der Waals surface area contributed by atoms with Gasteiger partial charge < -0.3 is 10.2 Å². The number of anilines is 1. The third kappa shape index (κ3) is 3.60. The van der Waals surface area contributed by atoms with Crippen molar-refractivity contribution in [1.29, 1.82) is 0 Å². The molecule has 116 valence electrons. The quantitative estimate of drug-likeness (QED) is 0.856. The molecule has 21 heavy (non-hydrogen) atoms. The van der Waals surface area contributed by atoms with Gasteiger partial charge in [-0.15, -0.1) is 0 Å². The van der Waals surface area contributed by atoms with Gasteiger partial charge in [-0.2, -0.15) is 0 Å². The number of fused-ring (bicyclic) bond motifs is 1. The van der Waals surface area contributed by atoms with Gasteiger partial charge in [-0.3, -0.25) is 0 Å². The summed E-state index contributed by atoms with van der Waals surface area (Å²) in [6, 6.07) is 9.65. The van der Waals surface area contributed by atoms with Crippen LogP contribution in [-0.2, 0) is 0 Å². The van der Waals surface area contributed by atoms with E-state index in [-0.39, 0.29) is 0 Å². The van der Waals surface area contributed by atoms with Crippen molar-refractivity contribution in [3.05, 3.63) is 29.8 Å². The van der Waals surface area contributed by atoms with Crippen LogP contribution >= 0.6 is 0 Å². The molecule has 2 aliphatic rings. The molecule has 1 fully saturated rings. The first-order valence-electron chi connectivity index (χ1n) is 8.95. The predicted octanol–water partition coefficient (Wildman–Crippen LogP) is 4.52. The van der Waals surface area contributed by atoms with E-state index < -0.39 is 0 Å². The van der Waals surface area contributed by atoms with Crippen LogP contribution < -0.4 is 10.2 Å². The van der Waals surface area contributed by atoms with Gasteiger partial charge in [0.15, 0.2) is 0 Å². The number of nitrogens with one attached hydrogen (secondary N) is 1. The van der Waals surface area contributed by atoms with Gasteiger partial charge in [0.25, 0.3) is 0 Å². The molecule has 0 bridgehead atoms. The van der Waals surface area contributed by atoms with Crippen LogP contribution in [0.3, 0.4) is 0 Å². The lowest BCUT2D eigenvalue weighted by molar-refractivity contribution is 0.490. The van der Waals surface area contributed by atoms with Crippen molar-refractivity contribution in [2.75, 3.05) is 24.5 Å². The number of rotatable bonds is 5. The summed E-state index contributed by atoms with van der Waals surface area (Å²) in [4.78, 5) is 2.68. The zero-order valence-corrected chi connectivity index (χ0v) is 13.5. The molecule has 2 nitrogen and oxygen atoms in total. The number of nitrogens with zero attached hydrogens (tertiary/aromatic N) is 1. The molecule has 1 unspecified atom stereocenters. The Balaban J connectivity index is 1.78. The minimum atomic E-state index is 0.551. The van der Waals surface area contributed by atoms with Crippen molar-refractivity contribution in [3.8, 4) is 0 Å². The second-order valence-corrected chi connectivity index (χ2v) is 6.80. The minimum absolute atomic E-state index is 0.551. The molecule has 1 aromatic carbocycles. The molecule has 1 aromatic rings. The van der Waals surface area contributed by atoms with Crippen molar-refractivity contribution in [2.45, 2.75) is 57.9 Å². The average Bonchev–Trinajstić information content (AvgIpc) is 2.96. The van der Waals surface area contributed by atoms with Crippen LogP contribution in [0, 0.1) is 5.92 Å². The molecule has 0 aromatic heterocycles. The third-order valence-electron chi connectivity index (χ3n) is 5.17. The van der Waals surface area contributed by atoms with Gasteiger partial charge in [-0.1, -0.05) is 38.0 Å². The Morgan fingerprint density at radius 1 is 1.10 bits per heavy atom.